The van der Waals surface area contributed by atoms with Crippen LogP contribution < -0.4 is 0 Å². The lowest BCUT2D eigenvalue weighted by Crippen LogP contribution is -2.16. The van der Waals surface area contributed by atoms with Crippen LogP contribution in [0.4, 0.5) is 0 Å². The predicted octanol–water partition coefficient (Wildman–Crippen LogP) is 1.02. The molecular formula is C8H12OS. The normalized spacial score (nSPS) is 47.0. The summed E-state index contributed by atoms with van der Waals surface area (Å²) in [6.07, 6.45) is 5.26. The molecule has 4 unspecified atom stereocenters. The minimum Gasteiger partial charge on any atom is -0.616 e. The molecule has 0 N–H and O–H groups in total. The van der Waals surface area contributed by atoms with Gasteiger partial charge in [0.25, 0.3) is 0 Å². The first-order chi connectivity index (χ1) is 4.66. The van der Waals surface area contributed by atoms with Gasteiger partial charge in [0.1, 0.15) is 11.0 Å². The highest BCUT2D eigenvalue weighted by Crippen LogP contribution is 2.30. The van der Waals surface area contributed by atoms with Gasteiger partial charge in [-0.15, -0.1) is 6.42 Å². The van der Waals surface area contributed by atoms with Crippen molar-refractivity contribution in [2.75, 3.05) is 5.75 Å². The topological polar surface area (TPSA) is 23.1 Å². The Morgan fingerprint density at radius 3 is 2.40 bits per heavy atom. The van der Waals surface area contributed by atoms with Gasteiger partial charge in [-0.2, -0.15) is 0 Å². The van der Waals surface area contributed by atoms with E-state index in [0.29, 0.717) is 16.9 Å². The van der Waals surface area contributed by atoms with Crippen LogP contribution in [0.25, 0.3) is 0 Å². The smallest absolute Gasteiger partial charge is 0.120 e. The molecule has 0 aromatic heterocycles. The highest BCUT2D eigenvalue weighted by atomic mass is 32.2. The number of hydrogen-bond donors (Lipinski definition) is 0. The van der Waals surface area contributed by atoms with Gasteiger partial charge in [-0.3, -0.25) is 0 Å². The van der Waals surface area contributed by atoms with Crippen molar-refractivity contribution in [3.8, 4) is 12.3 Å². The molecule has 0 aliphatic carbocycles. The average Bonchev–Trinajstić information content (AvgIpc) is 2.17. The largest absolute Gasteiger partial charge is 0.616 e. The van der Waals surface area contributed by atoms with E-state index in [9.17, 15) is 4.55 Å². The van der Waals surface area contributed by atoms with Crippen molar-refractivity contribution in [1.29, 1.82) is 0 Å². The minimum atomic E-state index is -0.670. The molecule has 1 rings (SSSR count). The van der Waals surface area contributed by atoms with Crippen LogP contribution in [0.5, 0.6) is 0 Å². The van der Waals surface area contributed by atoms with Gasteiger partial charge in [-0.05, 0) is 18.1 Å². The number of hydrogen-bond acceptors (Lipinski definition) is 1. The monoisotopic (exact) mass is 156 g/mol. The Morgan fingerprint density at radius 2 is 2.20 bits per heavy atom. The van der Waals surface area contributed by atoms with Crippen molar-refractivity contribution in [3.05, 3.63) is 0 Å². The van der Waals surface area contributed by atoms with E-state index in [2.05, 4.69) is 12.8 Å². The zero-order chi connectivity index (χ0) is 7.72. The molecule has 2 heteroatoms. The molecule has 1 saturated heterocycles. The summed E-state index contributed by atoms with van der Waals surface area (Å²) in [6, 6.07) is 0. The lowest BCUT2D eigenvalue weighted by Gasteiger charge is -2.10. The van der Waals surface area contributed by atoms with Gasteiger partial charge in [0, 0.05) is 5.92 Å². The Morgan fingerprint density at radius 1 is 1.60 bits per heavy atom. The summed E-state index contributed by atoms with van der Waals surface area (Å²) >= 11 is -0.670. The van der Waals surface area contributed by atoms with Gasteiger partial charge in [0.15, 0.2) is 0 Å². The van der Waals surface area contributed by atoms with Crippen LogP contribution in [-0.4, -0.2) is 15.6 Å². The van der Waals surface area contributed by atoms with Crippen molar-refractivity contribution in [2.45, 2.75) is 19.1 Å². The molecule has 0 amide bonds. The maximum absolute atomic E-state index is 11.2. The lowest BCUT2D eigenvalue weighted by molar-refractivity contribution is 0.498. The van der Waals surface area contributed by atoms with E-state index in [1.165, 1.54) is 0 Å². The van der Waals surface area contributed by atoms with Gasteiger partial charge >= 0.3 is 0 Å². The summed E-state index contributed by atoms with van der Waals surface area (Å²) in [7, 11) is 0. The van der Waals surface area contributed by atoms with Crippen LogP contribution in [0, 0.1) is 24.2 Å². The molecule has 1 aliphatic rings. The maximum Gasteiger partial charge on any atom is 0.120 e. The lowest BCUT2D eigenvalue weighted by atomic mass is 9.95. The van der Waals surface area contributed by atoms with Gasteiger partial charge in [0.2, 0.25) is 0 Å². The molecule has 0 aromatic carbocycles. The molecule has 1 aliphatic heterocycles. The van der Waals surface area contributed by atoms with Gasteiger partial charge in [0.05, 0.1) is 5.92 Å². The second-order valence-electron chi connectivity index (χ2n) is 2.88. The zero-order valence-corrected chi connectivity index (χ0v) is 7.15. The van der Waals surface area contributed by atoms with Gasteiger partial charge in [-0.25, -0.2) is 0 Å². The van der Waals surface area contributed by atoms with Crippen LogP contribution in [-0.2, 0) is 11.2 Å². The highest BCUT2D eigenvalue weighted by molar-refractivity contribution is 7.92. The summed E-state index contributed by atoms with van der Waals surface area (Å²) in [5.74, 6) is 4.07. The fourth-order valence-electron chi connectivity index (χ4n) is 1.25. The van der Waals surface area contributed by atoms with E-state index in [0.717, 1.165) is 0 Å². The Kier molecular flexibility index (Phi) is 2.28. The summed E-state index contributed by atoms with van der Waals surface area (Å²) in [4.78, 5) is 0. The summed E-state index contributed by atoms with van der Waals surface area (Å²) in [5, 5.41) is 0.293. The molecule has 0 bridgehead atoms. The summed E-state index contributed by atoms with van der Waals surface area (Å²) < 4.78 is 11.2. The van der Waals surface area contributed by atoms with Gasteiger partial charge in [-0.1, -0.05) is 12.8 Å². The third-order valence-electron chi connectivity index (χ3n) is 2.35. The second-order valence-corrected chi connectivity index (χ2v) is 4.72. The molecule has 0 radical (unpaired) electrons. The first-order valence-corrected chi connectivity index (χ1v) is 4.88. The first kappa shape index (κ1) is 7.97. The fourth-order valence-corrected chi connectivity index (χ4v) is 2.97. The van der Waals surface area contributed by atoms with Crippen molar-refractivity contribution in [1.82, 2.24) is 0 Å². The molecule has 0 saturated carbocycles. The fraction of sp³-hybridized carbons (Fsp3) is 0.750. The third kappa shape index (κ3) is 1.16. The molecule has 0 spiro atoms. The number of terminal acetylenes is 1. The minimum absolute atomic E-state index is 0.246. The molecule has 1 heterocycles. The van der Waals surface area contributed by atoms with E-state index in [-0.39, 0.29) is 5.92 Å². The quantitative estimate of drug-likeness (QED) is 0.379. The van der Waals surface area contributed by atoms with E-state index in [1.54, 1.807) is 0 Å². The van der Waals surface area contributed by atoms with Crippen molar-refractivity contribution in [2.24, 2.45) is 11.8 Å². The zero-order valence-electron chi connectivity index (χ0n) is 6.33. The molecule has 0 aromatic rings. The Bertz CT molecular complexity index is 161. The molecular weight excluding hydrogens is 144 g/mol. The molecule has 4 atom stereocenters. The maximum atomic E-state index is 11.2. The van der Waals surface area contributed by atoms with Crippen molar-refractivity contribution in [3.63, 3.8) is 0 Å². The van der Waals surface area contributed by atoms with Crippen LogP contribution in [0.2, 0.25) is 0 Å². The van der Waals surface area contributed by atoms with Crippen molar-refractivity contribution < 1.29 is 4.55 Å². The SMILES string of the molecule is C#CC1C[S+]([O-])C(C)C1C. The summed E-state index contributed by atoms with van der Waals surface area (Å²) in [6.45, 7) is 4.10. The summed E-state index contributed by atoms with van der Waals surface area (Å²) in [5.41, 5.74) is 0. The van der Waals surface area contributed by atoms with Crippen LogP contribution >= 0.6 is 0 Å². The van der Waals surface area contributed by atoms with Crippen LogP contribution in [0.15, 0.2) is 0 Å². The van der Waals surface area contributed by atoms with E-state index >= 15 is 0 Å². The predicted molar refractivity (Wildman–Crippen MR) is 44.0 cm³/mol. The van der Waals surface area contributed by atoms with Gasteiger partial charge < -0.3 is 4.55 Å². The molecule has 1 nitrogen and oxygen atoms in total. The first-order valence-electron chi connectivity index (χ1n) is 3.50. The number of rotatable bonds is 0. The Balaban J connectivity index is 2.64. The molecule has 10 heavy (non-hydrogen) atoms. The molecule has 1 fully saturated rings. The van der Waals surface area contributed by atoms with E-state index < -0.39 is 11.2 Å². The van der Waals surface area contributed by atoms with Crippen LogP contribution in [0.3, 0.4) is 0 Å². The van der Waals surface area contributed by atoms with Crippen molar-refractivity contribution >= 4 is 11.2 Å². The second kappa shape index (κ2) is 2.86. The Hall–Kier alpha value is -0.130. The van der Waals surface area contributed by atoms with E-state index in [4.69, 9.17) is 6.42 Å². The standard InChI is InChI=1S/C8H12OS/c1-4-8-5-10(9)7(3)6(8)2/h1,6-8H,5H2,2-3H3. The Labute approximate surface area is 65.4 Å². The molecule has 56 valence electrons. The highest BCUT2D eigenvalue weighted by Gasteiger charge is 2.39. The van der Waals surface area contributed by atoms with Crippen LogP contribution in [0.1, 0.15) is 13.8 Å². The van der Waals surface area contributed by atoms with E-state index in [1.807, 2.05) is 6.92 Å². The third-order valence-corrected chi connectivity index (χ3v) is 4.29. The average molecular weight is 156 g/mol.